The van der Waals surface area contributed by atoms with Gasteiger partial charge in [0.15, 0.2) is 0 Å². The molecule has 1 nitrogen and oxygen atoms in total. The lowest BCUT2D eigenvalue weighted by Crippen LogP contribution is -2.11. The van der Waals surface area contributed by atoms with Crippen molar-refractivity contribution in [1.29, 1.82) is 0 Å². The minimum atomic E-state index is -0.206. The average Bonchev–Trinajstić information content (AvgIpc) is 2.74. The predicted molar refractivity (Wildman–Crippen MR) is 74.1 cm³/mol. The second-order valence-corrected chi connectivity index (χ2v) is 4.82. The molecule has 1 aromatic heterocycles. The highest BCUT2D eigenvalue weighted by Gasteiger charge is 2.13. The highest BCUT2D eigenvalue weighted by Crippen LogP contribution is 2.29. The maximum absolute atomic E-state index is 6.09. The number of halogens is 3. The molecule has 0 amide bonds. The fourth-order valence-corrected chi connectivity index (χ4v) is 2.50. The van der Waals surface area contributed by atoms with E-state index in [1.54, 1.807) is 23.5 Å². The predicted octanol–water partition coefficient (Wildman–Crippen LogP) is 4.52. The van der Waals surface area contributed by atoms with Crippen LogP contribution >= 0.6 is 46.9 Å². The first-order valence-electron chi connectivity index (χ1n) is 4.41. The molecule has 1 aromatic carbocycles. The quantitative estimate of drug-likeness (QED) is 0.865. The Morgan fingerprint density at radius 3 is 2.56 bits per heavy atom. The summed E-state index contributed by atoms with van der Waals surface area (Å²) >= 11 is 13.6. The smallest absolute Gasteiger partial charge is 0.0575 e. The van der Waals surface area contributed by atoms with E-state index in [0.717, 1.165) is 11.1 Å². The van der Waals surface area contributed by atoms with Crippen molar-refractivity contribution >= 4 is 46.9 Å². The van der Waals surface area contributed by atoms with E-state index in [1.807, 2.05) is 22.9 Å². The van der Waals surface area contributed by atoms with Crippen molar-refractivity contribution in [2.24, 2.45) is 5.73 Å². The zero-order valence-corrected chi connectivity index (χ0v) is 11.3. The molecule has 1 heterocycles. The Morgan fingerprint density at radius 1 is 1.19 bits per heavy atom. The zero-order chi connectivity index (χ0) is 10.8. The van der Waals surface area contributed by atoms with Crippen LogP contribution < -0.4 is 5.73 Å². The molecule has 0 bridgehead atoms. The molecule has 0 saturated carbocycles. The van der Waals surface area contributed by atoms with Gasteiger partial charge in [0.05, 0.1) is 6.04 Å². The molecule has 2 aromatic rings. The van der Waals surface area contributed by atoms with Crippen molar-refractivity contribution < 1.29 is 0 Å². The van der Waals surface area contributed by atoms with Crippen LogP contribution in [0.15, 0.2) is 35.0 Å². The Morgan fingerprint density at radius 2 is 1.94 bits per heavy atom. The van der Waals surface area contributed by atoms with Gasteiger partial charge in [0, 0.05) is 10.0 Å². The summed E-state index contributed by atoms with van der Waals surface area (Å²) in [4.78, 5) is 0. The first-order valence-corrected chi connectivity index (χ1v) is 6.11. The maximum Gasteiger partial charge on any atom is 0.0575 e. The number of nitrogens with two attached hydrogens (primary N) is 1. The summed E-state index contributed by atoms with van der Waals surface area (Å²) in [5, 5.41) is 5.31. The van der Waals surface area contributed by atoms with Crippen molar-refractivity contribution in [3.63, 3.8) is 0 Å². The zero-order valence-electron chi connectivity index (χ0n) is 8.19. The lowest BCUT2D eigenvalue weighted by molar-refractivity contribution is 0.877. The van der Waals surface area contributed by atoms with E-state index in [1.165, 1.54) is 0 Å². The first kappa shape index (κ1) is 13.8. The SMILES string of the molecule is Cl.N[C@H](c1ccsc1)c1cc(Cl)ccc1Cl. The van der Waals surface area contributed by atoms with Crippen LogP contribution in [0, 0.1) is 0 Å². The molecule has 0 fully saturated rings. The molecule has 0 aliphatic heterocycles. The fraction of sp³-hybridized carbons (Fsp3) is 0.0909. The fourth-order valence-electron chi connectivity index (χ4n) is 1.38. The molecule has 0 aliphatic carbocycles. The number of benzene rings is 1. The molecule has 86 valence electrons. The Balaban J connectivity index is 0.00000128. The van der Waals surface area contributed by atoms with Gasteiger partial charge in [-0.2, -0.15) is 11.3 Å². The molecule has 1 atom stereocenters. The Hall–Kier alpha value is -0.250. The minimum absolute atomic E-state index is 0. The minimum Gasteiger partial charge on any atom is -0.320 e. The van der Waals surface area contributed by atoms with Crippen molar-refractivity contribution in [3.05, 3.63) is 56.2 Å². The van der Waals surface area contributed by atoms with Gasteiger partial charge < -0.3 is 5.73 Å². The van der Waals surface area contributed by atoms with Gasteiger partial charge in [-0.1, -0.05) is 23.2 Å². The summed E-state index contributed by atoms with van der Waals surface area (Å²) in [7, 11) is 0. The topological polar surface area (TPSA) is 26.0 Å². The van der Waals surface area contributed by atoms with Crippen LogP contribution in [0.1, 0.15) is 17.2 Å². The summed E-state index contributed by atoms with van der Waals surface area (Å²) in [5.41, 5.74) is 8.02. The summed E-state index contributed by atoms with van der Waals surface area (Å²) in [6, 6.07) is 7.13. The number of hydrogen-bond acceptors (Lipinski definition) is 2. The molecule has 0 radical (unpaired) electrons. The van der Waals surface area contributed by atoms with E-state index in [2.05, 4.69) is 0 Å². The second-order valence-electron chi connectivity index (χ2n) is 3.20. The average molecular weight is 295 g/mol. The highest BCUT2D eigenvalue weighted by atomic mass is 35.5. The molecular formula is C11H10Cl3NS. The standard InChI is InChI=1S/C11H9Cl2NS.ClH/c12-8-1-2-10(13)9(5-8)11(14)7-3-4-15-6-7;/h1-6,11H,14H2;1H/t11-;/m1./s1. The molecule has 0 saturated heterocycles. The van der Waals surface area contributed by atoms with Gasteiger partial charge in [0.25, 0.3) is 0 Å². The summed E-state index contributed by atoms with van der Waals surface area (Å²) in [6.07, 6.45) is 0. The van der Waals surface area contributed by atoms with E-state index < -0.39 is 0 Å². The maximum atomic E-state index is 6.09. The third-order valence-electron chi connectivity index (χ3n) is 2.20. The Kier molecular flexibility index (Phi) is 5.09. The van der Waals surface area contributed by atoms with Gasteiger partial charge in [0.2, 0.25) is 0 Å². The van der Waals surface area contributed by atoms with Crippen LogP contribution in [0.2, 0.25) is 10.0 Å². The largest absolute Gasteiger partial charge is 0.320 e. The third-order valence-corrected chi connectivity index (χ3v) is 3.48. The monoisotopic (exact) mass is 293 g/mol. The number of rotatable bonds is 2. The third kappa shape index (κ3) is 2.90. The van der Waals surface area contributed by atoms with Crippen molar-refractivity contribution in [1.82, 2.24) is 0 Å². The van der Waals surface area contributed by atoms with Crippen LogP contribution in [-0.2, 0) is 0 Å². The molecule has 2 N–H and O–H groups in total. The summed E-state index contributed by atoms with van der Waals surface area (Å²) < 4.78 is 0. The van der Waals surface area contributed by atoms with E-state index in [4.69, 9.17) is 28.9 Å². The van der Waals surface area contributed by atoms with Crippen LogP contribution in [0.4, 0.5) is 0 Å². The molecule has 0 unspecified atom stereocenters. The van der Waals surface area contributed by atoms with E-state index >= 15 is 0 Å². The molecule has 0 spiro atoms. The summed E-state index contributed by atoms with van der Waals surface area (Å²) in [6.45, 7) is 0. The van der Waals surface area contributed by atoms with Crippen LogP contribution in [0.25, 0.3) is 0 Å². The lowest BCUT2D eigenvalue weighted by atomic mass is 10.0. The van der Waals surface area contributed by atoms with Gasteiger partial charge in [-0.3, -0.25) is 0 Å². The van der Waals surface area contributed by atoms with Gasteiger partial charge in [0.1, 0.15) is 0 Å². The van der Waals surface area contributed by atoms with Crippen molar-refractivity contribution in [3.8, 4) is 0 Å². The van der Waals surface area contributed by atoms with Gasteiger partial charge in [-0.05, 0) is 46.2 Å². The Bertz CT molecular complexity index is 456. The van der Waals surface area contributed by atoms with Crippen molar-refractivity contribution in [2.45, 2.75) is 6.04 Å². The normalized spacial score (nSPS) is 11.9. The van der Waals surface area contributed by atoms with E-state index in [9.17, 15) is 0 Å². The van der Waals surface area contributed by atoms with Gasteiger partial charge in [-0.25, -0.2) is 0 Å². The molecule has 16 heavy (non-hydrogen) atoms. The first-order chi connectivity index (χ1) is 7.18. The molecular weight excluding hydrogens is 285 g/mol. The van der Waals surface area contributed by atoms with E-state index in [-0.39, 0.29) is 18.4 Å². The number of hydrogen-bond donors (Lipinski definition) is 1. The van der Waals surface area contributed by atoms with Gasteiger partial charge in [-0.15, -0.1) is 12.4 Å². The highest BCUT2D eigenvalue weighted by molar-refractivity contribution is 7.08. The van der Waals surface area contributed by atoms with Gasteiger partial charge >= 0.3 is 0 Å². The van der Waals surface area contributed by atoms with E-state index in [0.29, 0.717) is 10.0 Å². The molecule has 2 rings (SSSR count). The number of thiophene rings is 1. The van der Waals surface area contributed by atoms with Crippen LogP contribution in [-0.4, -0.2) is 0 Å². The summed E-state index contributed by atoms with van der Waals surface area (Å²) in [5.74, 6) is 0. The second kappa shape index (κ2) is 5.89. The molecule has 0 aliphatic rings. The van der Waals surface area contributed by atoms with Crippen molar-refractivity contribution in [2.75, 3.05) is 0 Å². The lowest BCUT2D eigenvalue weighted by Gasteiger charge is -2.12. The Labute approximate surface area is 115 Å². The van der Waals surface area contributed by atoms with Crippen LogP contribution in [0.5, 0.6) is 0 Å². The molecule has 5 heteroatoms. The van der Waals surface area contributed by atoms with Crippen LogP contribution in [0.3, 0.4) is 0 Å².